The maximum atomic E-state index is 5.87. The number of benzene rings is 1. The van der Waals surface area contributed by atoms with Gasteiger partial charge in [0.05, 0.1) is 5.56 Å². The number of anilines is 1. The number of hydrogen-bond donors (Lipinski definition) is 1. The Bertz CT molecular complexity index is 503. The molecule has 1 aromatic heterocycles. The minimum Gasteiger partial charge on any atom is -0.380 e. The highest BCUT2D eigenvalue weighted by atomic mass is 35.5. The molecular formula is C13H15ClN2O. The average Bonchev–Trinajstić information content (AvgIpc) is 2.61. The van der Waals surface area contributed by atoms with Crippen molar-refractivity contribution in [1.29, 1.82) is 0 Å². The van der Waals surface area contributed by atoms with Gasteiger partial charge in [0, 0.05) is 11.4 Å². The number of nitrogens with zero attached hydrogens (tertiary/aromatic N) is 1. The number of nitrogens with two attached hydrogens (primary N) is 1. The van der Waals surface area contributed by atoms with E-state index in [4.69, 9.17) is 21.9 Å². The Morgan fingerprint density at radius 1 is 1.29 bits per heavy atom. The van der Waals surface area contributed by atoms with E-state index >= 15 is 0 Å². The van der Waals surface area contributed by atoms with Crippen molar-refractivity contribution in [2.24, 2.45) is 5.92 Å². The zero-order valence-corrected chi connectivity index (χ0v) is 10.7. The van der Waals surface area contributed by atoms with Crippen molar-refractivity contribution in [2.45, 2.75) is 20.3 Å². The fraction of sp³-hybridized carbons (Fsp3) is 0.308. The zero-order valence-electron chi connectivity index (χ0n) is 9.90. The van der Waals surface area contributed by atoms with Crippen molar-refractivity contribution in [3.05, 3.63) is 35.0 Å². The lowest BCUT2D eigenvalue weighted by atomic mass is 10.0. The van der Waals surface area contributed by atoms with Gasteiger partial charge in [-0.1, -0.05) is 42.7 Å². The van der Waals surface area contributed by atoms with Crippen molar-refractivity contribution in [3.8, 4) is 11.1 Å². The van der Waals surface area contributed by atoms with Crippen LogP contribution in [0.2, 0.25) is 5.02 Å². The van der Waals surface area contributed by atoms with Gasteiger partial charge in [0.25, 0.3) is 0 Å². The van der Waals surface area contributed by atoms with Crippen LogP contribution < -0.4 is 5.73 Å². The molecular weight excluding hydrogens is 236 g/mol. The van der Waals surface area contributed by atoms with Crippen LogP contribution in [0.4, 0.5) is 5.82 Å². The van der Waals surface area contributed by atoms with Crippen LogP contribution in [0.15, 0.2) is 28.8 Å². The van der Waals surface area contributed by atoms with E-state index in [0.29, 0.717) is 16.8 Å². The molecule has 4 heteroatoms. The van der Waals surface area contributed by atoms with Crippen LogP contribution in [-0.2, 0) is 6.42 Å². The molecule has 0 saturated heterocycles. The van der Waals surface area contributed by atoms with Crippen molar-refractivity contribution in [1.82, 2.24) is 5.16 Å². The molecule has 0 aliphatic rings. The van der Waals surface area contributed by atoms with Gasteiger partial charge in [-0.15, -0.1) is 0 Å². The van der Waals surface area contributed by atoms with Gasteiger partial charge in [-0.25, -0.2) is 0 Å². The Labute approximate surface area is 106 Å². The van der Waals surface area contributed by atoms with Gasteiger partial charge < -0.3 is 10.3 Å². The zero-order chi connectivity index (χ0) is 12.4. The predicted molar refractivity (Wildman–Crippen MR) is 69.9 cm³/mol. The minimum atomic E-state index is 0.433. The lowest BCUT2D eigenvalue weighted by Gasteiger charge is -2.04. The second kappa shape index (κ2) is 4.80. The molecule has 0 atom stereocenters. The fourth-order valence-electron chi connectivity index (χ4n) is 1.77. The first-order valence-corrected chi connectivity index (χ1v) is 5.95. The van der Waals surface area contributed by atoms with E-state index in [0.717, 1.165) is 23.3 Å². The Morgan fingerprint density at radius 2 is 1.94 bits per heavy atom. The lowest BCUT2D eigenvalue weighted by Crippen LogP contribution is -1.95. The summed E-state index contributed by atoms with van der Waals surface area (Å²) in [6, 6.07) is 7.52. The summed E-state index contributed by atoms with van der Waals surface area (Å²) in [4.78, 5) is 0. The first kappa shape index (κ1) is 12.0. The SMILES string of the molecule is CC(C)Cc1onc(N)c1-c1ccc(Cl)cc1. The molecule has 2 N–H and O–H groups in total. The van der Waals surface area contributed by atoms with Gasteiger partial charge in [0.15, 0.2) is 5.82 Å². The van der Waals surface area contributed by atoms with Crippen LogP contribution >= 0.6 is 11.6 Å². The van der Waals surface area contributed by atoms with Gasteiger partial charge in [-0.3, -0.25) is 0 Å². The predicted octanol–water partition coefficient (Wildman–Crippen LogP) is 3.78. The standard InChI is InChI=1S/C13H15ClN2O/c1-8(2)7-11-12(13(15)16-17-11)9-3-5-10(14)6-4-9/h3-6,8H,7H2,1-2H3,(H2,15,16). The molecule has 90 valence electrons. The first-order valence-electron chi connectivity index (χ1n) is 5.58. The summed E-state index contributed by atoms with van der Waals surface area (Å²) in [5.74, 6) is 1.76. The quantitative estimate of drug-likeness (QED) is 0.902. The maximum Gasteiger partial charge on any atom is 0.175 e. The molecule has 0 spiro atoms. The highest BCUT2D eigenvalue weighted by Crippen LogP contribution is 2.31. The maximum absolute atomic E-state index is 5.87. The molecule has 0 radical (unpaired) electrons. The molecule has 2 rings (SSSR count). The number of aromatic nitrogens is 1. The number of halogens is 1. The average molecular weight is 251 g/mol. The Hall–Kier alpha value is -1.48. The monoisotopic (exact) mass is 250 g/mol. The molecule has 0 fully saturated rings. The first-order chi connectivity index (χ1) is 8.08. The number of nitrogen functional groups attached to an aromatic ring is 1. The van der Waals surface area contributed by atoms with E-state index < -0.39 is 0 Å². The van der Waals surface area contributed by atoms with Gasteiger partial charge >= 0.3 is 0 Å². The molecule has 1 aromatic carbocycles. The normalized spacial score (nSPS) is 11.1. The topological polar surface area (TPSA) is 52.0 Å². The van der Waals surface area contributed by atoms with Crippen LogP contribution in [-0.4, -0.2) is 5.16 Å². The third-order valence-electron chi connectivity index (χ3n) is 2.52. The van der Waals surface area contributed by atoms with Gasteiger partial charge in [0.1, 0.15) is 5.76 Å². The van der Waals surface area contributed by atoms with Crippen molar-refractivity contribution in [2.75, 3.05) is 5.73 Å². The molecule has 0 aliphatic carbocycles. The Kier molecular flexibility index (Phi) is 3.38. The molecule has 0 aliphatic heterocycles. The van der Waals surface area contributed by atoms with E-state index in [9.17, 15) is 0 Å². The summed E-state index contributed by atoms with van der Waals surface area (Å²) in [5.41, 5.74) is 7.72. The molecule has 0 bridgehead atoms. The molecule has 2 aromatic rings. The summed E-state index contributed by atoms with van der Waals surface area (Å²) in [6.45, 7) is 4.26. The molecule has 3 nitrogen and oxygen atoms in total. The molecule has 0 unspecified atom stereocenters. The highest BCUT2D eigenvalue weighted by molar-refractivity contribution is 6.30. The third-order valence-corrected chi connectivity index (χ3v) is 2.77. The van der Waals surface area contributed by atoms with Crippen molar-refractivity contribution < 1.29 is 4.52 Å². The number of rotatable bonds is 3. The van der Waals surface area contributed by atoms with Crippen LogP contribution in [0.25, 0.3) is 11.1 Å². The van der Waals surface area contributed by atoms with Crippen LogP contribution in [0.3, 0.4) is 0 Å². The summed E-state index contributed by atoms with van der Waals surface area (Å²) >= 11 is 5.87. The van der Waals surface area contributed by atoms with Crippen LogP contribution in [0.1, 0.15) is 19.6 Å². The van der Waals surface area contributed by atoms with Gasteiger partial charge in [-0.05, 0) is 23.6 Å². The summed E-state index contributed by atoms with van der Waals surface area (Å²) < 4.78 is 5.28. The smallest absolute Gasteiger partial charge is 0.175 e. The van der Waals surface area contributed by atoms with E-state index in [1.165, 1.54) is 0 Å². The molecule has 0 amide bonds. The number of hydrogen-bond acceptors (Lipinski definition) is 3. The minimum absolute atomic E-state index is 0.433. The van der Waals surface area contributed by atoms with Gasteiger partial charge in [0.2, 0.25) is 0 Å². The summed E-state index contributed by atoms with van der Waals surface area (Å²) in [5, 5.41) is 4.54. The fourth-order valence-corrected chi connectivity index (χ4v) is 1.90. The summed E-state index contributed by atoms with van der Waals surface area (Å²) in [7, 11) is 0. The largest absolute Gasteiger partial charge is 0.380 e. The Morgan fingerprint density at radius 3 is 2.53 bits per heavy atom. The second-order valence-corrected chi connectivity index (χ2v) is 4.91. The highest BCUT2D eigenvalue weighted by Gasteiger charge is 2.16. The molecule has 0 saturated carbocycles. The van der Waals surface area contributed by atoms with E-state index in [2.05, 4.69) is 19.0 Å². The van der Waals surface area contributed by atoms with Gasteiger partial charge in [-0.2, -0.15) is 0 Å². The van der Waals surface area contributed by atoms with E-state index in [-0.39, 0.29) is 0 Å². The third kappa shape index (κ3) is 2.61. The van der Waals surface area contributed by atoms with Crippen molar-refractivity contribution >= 4 is 17.4 Å². The van der Waals surface area contributed by atoms with E-state index in [1.807, 2.05) is 24.3 Å². The van der Waals surface area contributed by atoms with Crippen LogP contribution in [0.5, 0.6) is 0 Å². The molecule has 17 heavy (non-hydrogen) atoms. The molecule has 1 heterocycles. The second-order valence-electron chi connectivity index (χ2n) is 4.47. The van der Waals surface area contributed by atoms with Crippen molar-refractivity contribution in [3.63, 3.8) is 0 Å². The Balaban J connectivity index is 2.43. The lowest BCUT2D eigenvalue weighted by molar-refractivity contribution is 0.372. The van der Waals surface area contributed by atoms with E-state index in [1.54, 1.807) is 0 Å². The summed E-state index contributed by atoms with van der Waals surface area (Å²) in [6.07, 6.45) is 0.822. The van der Waals surface area contributed by atoms with Crippen LogP contribution in [0, 0.1) is 5.92 Å².